The second kappa shape index (κ2) is 10.5. The summed E-state index contributed by atoms with van der Waals surface area (Å²) in [6, 6.07) is 13.9. The second-order valence-corrected chi connectivity index (χ2v) is 12.8. The number of carbonyl (C=O) groups excluding carboxylic acids is 2. The van der Waals surface area contributed by atoms with E-state index in [1.807, 2.05) is 0 Å². The zero-order valence-corrected chi connectivity index (χ0v) is 22.8. The van der Waals surface area contributed by atoms with Crippen LogP contribution in [0.25, 0.3) is 10.8 Å². The van der Waals surface area contributed by atoms with Crippen molar-refractivity contribution in [2.24, 2.45) is 0 Å². The Bertz CT molecular complexity index is 2040. The normalized spacial score (nSPS) is 12.2. The van der Waals surface area contributed by atoms with Crippen molar-refractivity contribution in [3.8, 4) is 0 Å². The molecule has 0 bridgehead atoms. The van der Waals surface area contributed by atoms with Crippen LogP contribution in [0, 0.1) is 0 Å². The largest absolute Gasteiger partial charge is 0.399 e. The summed E-state index contributed by atoms with van der Waals surface area (Å²) in [5.41, 5.74) is 6.09. The van der Waals surface area contributed by atoms with Crippen molar-refractivity contribution in [3.05, 3.63) is 83.9 Å². The van der Waals surface area contributed by atoms with E-state index in [-0.39, 0.29) is 5.56 Å². The van der Waals surface area contributed by atoms with E-state index < -0.39 is 73.3 Å². The van der Waals surface area contributed by atoms with Gasteiger partial charge >= 0.3 is 0 Å². The van der Waals surface area contributed by atoms with Crippen LogP contribution in [0.5, 0.6) is 0 Å². The van der Waals surface area contributed by atoms with Gasteiger partial charge < -0.3 is 16.4 Å². The first kappa shape index (κ1) is 29.6. The zero-order chi connectivity index (χ0) is 30.3. The molecule has 0 radical (unpaired) electrons. The van der Waals surface area contributed by atoms with Crippen LogP contribution in [0.1, 0.15) is 20.7 Å². The summed E-state index contributed by atoms with van der Waals surface area (Å²) in [6.45, 7) is 0. The first-order valence-corrected chi connectivity index (χ1v) is 15.4. The molecule has 17 heteroatoms. The van der Waals surface area contributed by atoms with Crippen LogP contribution in [-0.2, 0) is 30.4 Å². The molecule has 4 aromatic carbocycles. The van der Waals surface area contributed by atoms with Crippen LogP contribution in [0.2, 0.25) is 0 Å². The average Bonchev–Trinajstić information content (AvgIpc) is 2.87. The highest BCUT2D eigenvalue weighted by molar-refractivity contribution is 7.87. The molecule has 4 rings (SSSR count). The fourth-order valence-electron chi connectivity index (χ4n) is 3.76. The van der Waals surface area contributed by atoms with Crippen LogP contribution in [-0.4, -0.2) is 50.7 Å². The maximum absolute atomic E-state index is 13.0. The number of nitrogens with one attached hydrogen (secondary N) is 2. The molecule has 0 saturated heterocycles. The molecule has 0 spiro atoms. The Kier molecular flexibility index (Phi) is 7.61. The first-order chi connectivity index (χ1) is 18.9. The highest BCUT2D eigenvalue weighted by Gasteiger charge is 2.25. The van der Waals surface area contributed by atoms with Gasteiger partial charge in [-0.05, 0) is 78.2 Å². The smallest absolute Gasteiger partial charge is 0.295 e. The molecule has 4 aromatic rings. The standard InChI is InChI=1S/C24H19N3O11S3/c25-16-5-1-13(2-6-16)23(28)26-17-7-3-14(4-8-17)24(29)27-20-11-18(39(30,31)32)9-15-10-19(40(33,34)35)12-21(22(15)20)41(36,37)38/h1-12H,25H2,(H,26,28)(H,27,29)(H,30,31,32)(H,33,34,35)(H,36,37,38). The second-order valence-electron chi connectivity index (χ2n) is 8.52. The third kappa shape index (κ3) is 6.68. The van der Waals surface area contributed by atoms with Crippen LogP contribution in [0.3, 0.4) is 0 Å². The molecule has 0 aliphatic rings. The number of amides is 2. The lowest BCUT2D eigenvalue weighted by atomic mass is 10.1. The number of fused-ring (bicyclic) bond motifs is 1. The summed E-state index contributed by atoms with van der Waals surface area (Å²) in [7, 11) is -15.2. The molecular weight excluding hydrogens is 602 g/mol. The number of hydrogen-bond donors (Lipinski definition) is 6. The fraction of sp³-hybridized carbons (Fsp3) is 0. The van der Waals surface area contributed by atoms with Gasteiger partial charge in [-0.1, -0.05) is 0 Å². The topological polar surface area (TPSA) is 247 Å². The van der Waals surface area contributed by atoms with E-state index in [9.17, 15) is 48.5 Å². The number of nitrogen functional groups attached to an aromatic ring is 1. The highest BCUT2D eigenvalue weighted by atomic mass is 32.2. The van der Waals surface area contributed by atoms with Crippen LogP contribution < -0.4 is 16.4 Å². The van der Waals surface area contributed by atoms with E-state index in [2.05, 4.69) is 10.6 Å². The van der Waals surface area contributed by atoms with Crippen LogP contribution in [0.4, 0.5) is 17.1 Å². The molecule has 0 saturated carbocycles. The third-order valence-corrected chi connectivity index (χ3v) is 8.20. The Morgan fingerprint density at radius 3 is 1.56 bits per heavy atom. The lowest BCUT2D eigenvalue weighted by Gasteiger charge is -2.15. The molecule has 41 heavy (non-hydrogen) atoms. The van der Waals surface area contributed by atoms with Gasteiger partial charge in [-0.3, -0.25) is 23.2 Å². The summed E-state index contributed by atoms with van der Waals surface area (Å²) < 4.78 is 100. The van der Waals surface area contributed by atoms with Gasteiger partial charge in [0.05, 0.1) is 15.5 Å². The summed E-state index contributed by atoms with van der Waals surface area (Å²) in [6.07, 6.45) is 0. The number of benzene rings is 4. The molecule has 7 N–H and O–H groups in total. The van der Waals surface area contributed by atoms with E-state index in [0.29, 0.717) is 41.2 Å². The Balaban J connectivity index is 1.74. The van der Waals surface area contributed by atoms with Gasteiger partial charge in [-0.2, -0.15) is 25.3 Å². The Morgan fingerprint density at radius 2 is 1.07 bits per heavy atom. The van der Waals surface area contributed by atoms with E-state index in [1.165, 1.54) is 36.4 Å². The predicted molar refractivity (Wildman–Crippen MR) is 147 cm³/mol. The van der Waals surface area contributed by atoms with Crippen molar-refractivity contribution < 1.29 is 48.5 Å². The van der Waals surface area contributed by atoms with Crippen LogP contribution in [0.15, 0.2) is 87.5 Å². The Labute approximate surface area is 233 Å². The highest BCUT2D eigenvalue weighted by Crippen LogP contribution is 2.35. The van der Waals surface area contributed by atoms with Gasteiger partial charge in [0.1, 0.15) is 4.90 Å². The van der Waals surface area contributed by atoms with Crippen molar-refractivity contribution in [1.29, 1.82) is 0 Å². The molecule has 0 atom stereocenters. The molecule has 14 nitrogen and oxygen atoms in total. The molecule has 214 valence electrons. The summed E-state index contributed by atoms with van der Waals surface area (Å²) >= 11 is 0. The maximum Gasteiger partial charge on any atom is 0.295 e. The molecular formula is C24H19N3O11S3. The summed E-state index contributed by atoms with van der Waals surface area (Å²) in [4.78, 5) is 22.5. The molecule has 0 aromatic heterocycles. The van der Waals surface area contributed by atoms with Crippen molar-refractivity contribution in [2.75, 3.05) is 16.4 Å². The number of carbonyl (C=O) groups is 2. The van der Waals surface area contributed by atoms with E-state index in [1.54, 1.807) is 12.1 Å². The molecule has 2 amide bonds. The van der Waals surface area contributed by atoms with Crippen molar-refractivity contribution in [1.82, 2.24) is 0 Å². The minimum Gasteiger partial charge on any atom is -0.399 e. The third-order valence-electron chi connectivity index (χ3n) is 5.66. The van der Waals surface area contributed by atoms with E-state index in [0.717, 1.165) is 0 Å². The number of rotatable bonds is 7. The number of hydrogen-bond acceptors (Lipinski definition) is 9. The monoisotopic (exact) mass is 621 g/mol. The Morgan fingerprint density at radius 1 is 0.610 bits per heavy atom. The van der Waals surface area contributed by atoms with Gasteiger partial charge in [-0.15, -0.1) is 0 Å². The van der Waals surface area contributed by atoms with E-state index >= 15 is 0 Å². The number of anilines is 3. The number of nitrogens with two attached hydrogens (primary N) is 1. The summed E-state index contributed by atoms with van der Waals surface area (Å²) in [5, 5.41) is 3.88. The molecule has 0 fully saturated rings. The van der Waals surface area contributed by atoms with Crippen molar-refractivity contribution in [3.63, 3.8) is 0 Å². The lowest BCUT2D eigenvalue weighted by Crippen LogP contribution is -2.15. The van der Waals surface area contributed by atoms with Crippen molar-refractivity contribution in [2.45, 2.75) is 14.7 Å². The SMILES string of the molecule is Nc1ccc(C(=O)Nc2ccc(C(=O)Nc3cc(S(=O)(=O)O)cc4cc(S(=O)(=O)O)cc(S(=O)(=O)O)c34)cc2)cc1. The minimum atomic E-state index is -5.21. The molecule has 0 unspecified atom stereocenters. The molecule has 0 aliphatic carbocycles. The minimum absolute atomic E-state index is 0.0520. The van der Waals surface area contributed by atoms with Gasteiger partial charge in [0, 0.05) is 27.9 Å². The van der Waals surface area contributed by atoms with Crippen molar-refractivity contribution >= 4 is 70.0 Å². The molecule has 0 heterocycles. The van der Waals surface area contributed by atoms with Gasteiger partial charge in [0.25, 0.3) is 42.2 Å². The van der Waals surface area contributed by atoms with Crippen LogP contribution >= 0.6 is 0 Å². The quantitative estimate of drug-likeness (QED) is 0.129. The first-order valence-electron chi connectivity index (χ1n) is 11.1. The zero-order valence-electron chi connectivity index (χ0n) is 20.3. The Hall–Kier alpha value is -4.39. The lowest BCUT2D eigenvalue weighted by molar-refractivity contribution is 0.102. The summed E-state index contributed by atoms with van der Waals surface area (Å²) in [5.74, 6) is -1.38. The van der Waals surface area contributed by atoms with E-state index in [4.69, 9.17) is 5.73 Å². The average molecular weight is 622 g/mol. The molecule has 0 aliphatic heterocycles. The van der Waals surface area contributed by atoms with Gasteiger partial charge in [0.15, 0.2) is 0 Å². The van der Waals surface area contributed by atoms with Gasteiger partial charge in [-0.25, -0.2) is 0 Å². The van der Waals surface area contributed by atoms with Gasteiger partial charge in [0.2, 0.25) is 0 Å². The fourth-order valence-corrected chi connectivity index (χ4v) is 5.68. The maximum atomic E-state index is 13.0. The predicted octanol–water partition coefficient (Wildman–Crippen LogP) is 2.67.